The summed E-state index contributed by atoms with van der Waals surface area (Å²) in [6.07, 6.45) is 0. The molecule has 0 bridgehead atoms. The molecular weight excluding hydrogens is 424 g/mol. The van der Waals surface area contributed by atoms with Gasteiger partial charge in [-0.15, -0.1) is 10.2 Å². The van der Waals surface area contributed by atoms with Crippen LogP contribution in [0.4, 0.5) is 11.4 Å². The number of aromatic nitrogens is 4. The van der Waals surface area contributed by atoms with Gasteiger partial charge in [-0.05, 0) is 17.3 Å². The van der Waals surface area contributed by atoms with E-state index in [4.69, 9.17) is 4.55 Å². The van der Waals surface area contributed by atoms with E-state index in [-0.39, 0.29) is 17.5 Å². The van der Waals surface area contributed by atoms with E-state index in [0.29, 0.717) is 17.8 Å². The number of tetrazole rings is 1. The molecule has 0 atom stereocenters. The molecule has 0 unspecified atom stereocenters. The maximum Gasteiger partial charge on any atom is 0.301 e. The number of benzene rings is 2. The van der Waals surface area contributed by atoms with E-state index in [2.05, 4.69) is 30.7 Å². The molecule has 30 heavy (non-hydrogen) atoms. The second kappa shape index (κ2) is 9.39. The Balaban J connectivity index is 0.000000215. The van der Waals surface area contributed by atoms with Gasteiger partial charge in [-0.3, -0.25) is 19.5 Å². The summed E-state index contributed by atoms with van der Waals surface area (Å²) in [6, 6.07) is 10.3. The summed E-state index contributed by atoms with van der Waals surface area (Å²) >= 11 is 0. The first-order valence-corrected chi connectivity index (χ1v) is 9.20. The molecule has 158 valence electrons. The molecule has 0 saturated carbocycles. The van der Waals surface area contributed by atoms with E-state index in [1.807, 2.05) is 18.2 Å². The van der Waals surface area contributed by atoms with Crippen LogP contribution in [0.3, 0.4) is 0 Å². The van der Waals surface area contributed by atoms with Crippen molar-refractivity contribution in [1.29, 1.82) is 0 Å². The number of phenolic OH excluding ortho intramolecular Hbond substituents is 1. The first-order chi connectivity index (χ1) is 14.1. The Kier molecular flexibility index (Phi) is 6.94. The third kappa shape index (κ3) is 5.69. The average Bonchev–Trinajstić information content (AvgIpc) is 3.23. The van der Waals surface area contributed by atoms with Crippen LogP contribution in [-0.2, 0) is 10.1 Å². The number of hydrogen-bond donors (Lipinski definition) is 4. The molecular formula is C15H14N6O8S. The number of methoxy groups -OCH3 is 1. The predicted octanol–water partition coefficient (Wildman–Crippen LogP) is 1.01. The second-order valence-corrected chi connectivity index (χ2v) is 6.67. The quantitative estimate of drug-likeness (QED) is 0.251. The highest BCUT2D eigenvalue weighted by molar-refractivity contribution is 7.86. The number of H-pyrrole nitrogens is 1. The number of nitro benzene ring substituents is 1. The molecule has 14 nitrogen and oxygen atoms in total. The number of aromatic amines is 1. The number of nitrogens with one attached hydrogen (secondary N) is 2. The lowest BCUT2D eigenvalue weighted by atomic mass is 10.3. The van der Waals surface area contributed by atoms with E-state index in [1.54, 1.807) is 12.1 Å². The molecule has 1 aromatic heterocycles. The molecule has 0 aliphatic rings. The number of nitro groups is 1. The van der Waals surface area contributed by atoms with Crippen molar-refractivity contribution in [2.45, 2.75) is 4.90 Å². The van der Waals surface area contributed by atoms with Crippen molar-refractivity contribution in [2.75, 3.05) is 12.4 Å². The number of nitrogens with zero attached hydrogens (tertiary/aromatic N) is 4. The highest BCUT2D eigenvalue weighted by Gasteiger charge is 2.27. The summed E-state index contributed by atoms with van der Waals surface area (Å²) in [5.74, 6) is -1.25. The number of carbonyl (C=O) groups is 1. The SMILES string of the molecule is COc1cc([N+](=O)[O-])c(S(=O)(=O)O)cc1O.O=C(Nc1ccccc1)c1nn[nH]n1. The van der Waals surface area contributed by atoms with E-state index in [1.165, 1.54) is 0 Å². The van der Waals surface area contributed by atoms with Gasteiger partial charge in [-0.2, -0.15) is 13.6 Å². The van der Waals surface area contributed by atoms with Gasteiger partial charge in [0.1, 0.15) is 0 Å². The first kappa shape index (κ1) is 22.2. The lowest BCUT2D eigenvalue weighted by Gasteiger charge is -2.05. The molecule has 3 rings (SSSR count). The number of phenols is 1. The Morgan fingerprint density at radius 2 is 1.93 bits per heavy atom. The highest BCUT2D eigenvalue weighted by atomic mass is 32.2. The fourth-order valence-corrected chi connectivity index (χ4v) is 2.68. The standard InChI is InChI=1S/C8H7N5O.C7H7NO7S/c14-8(7-10-12-13-11-7)9-6-4-2-1-3-5-6;1-15-6-2-4(8(10)11)7(3-5(6)9)16(12,13)14/h1-5H,(H,9,14)(H,10,11,12,13);2-3,9H,1H3,(H,12,13,14). The van der Waals surface area contributed by atoms with Gasteiger partial charge in [0, 0.05) is 11.8 Å². The monoisotopic (exact) mass is 438 g/mol. The van der Waals surface area contributed by atoms with Crippen LogP contribution in [0.1, 0.15) is 10.6 Å². The van der Waals surface area contributed by atoms with Crippen molar-refractivity contribution in [3.8, 4) is 11.5 Å². The van der Waals surface area contributed by atoms with Gasteiger partial charge < -0.3 is 15.2 Å². The number of ether oxygens (including phenoxy) is 1. The Labute approximate surface area is 168 Å². The Bertz CT molecular complexity index is 1140. The Hall–Kier alpha value is -4.11. The van der Waals surface area contributed by atoms with Crippen LogP contribution in [0.25, 0.3) is 0 Å². The minimum Gasteiger partial charge on any atom is -0.504 e. The maximum atomic E-state index is 11.4. The number of amides is 1. The summed E-state index contributed by atoms with van der Waals surface area (Å²) in [4.78, 5) is 19.9. The number of para-hydroxylation sites is 1. The molecule has 0 spiro atoms. The summed E-state index contributed by atoms with van der Waals surface area (Å²) < 4.78 is 34.9. The van der Waals surface area contributed by atoms with Crippen molar-refractivity contribution < 1.29 is 32.5 Å². The van der Waals surface area contributed by atoms with E-state index >= 15 is 0 Å². The number of rotatable bonds is 5. The summed E-state index contributed by atoms with van der Waals surface area (Å²) in [7, 11) is -3.64. The lowest BCUT2D eigenvalue weighted by molar-refractivity contribution is -0.388. The smallest absolute Gasteiger partial charge is 0.301 e. The van der Waals surface area contributed by atoms with Crippen molar-refractivity contribution in [3.63, 3.8) is 0 Å². The second-order valence-electron chi connectivity index (χ2n) is 5.28. The minimum absolute atomic E-state index is 0.0221. The molecule has 3 aromatic rings. The van der Waals surface area contributed by atoms with Gasteiger partial charge in [0.25, 0.3) is 17.4 Å². The molecule has 4 N–H and O–H groups in total. The third-order valence-corrected chi connectivity index (χ3v) is 4.20. The number of carbonyl (C=O) groups excluding carboxylic acids is 1. The fourth-order valence-electron chi connectivity index (χ4n) is 2.02. The summed E-state index contributed by atoms with van der Waals surface area (Å²) in [5.41, 5.74) is -0.181. The van der Waals surface area contributed by atoms with Gasteiger partial charge in [-0.1, -0.05) is 18.2 Å². The van der Waals surface area contributed by atoms with Gasteiger partial charge in [0.2, 0.25) is 0 Å². The number of anilines is 1. The minimum atomic E-state index is -4.78. The van der Waals surface area contributed by atoms with Crippen molar-refractivity contribution in [1.82, 2.24) is 20.6 Å². The van der Waals surface area contributed by atoms with Crippen LogP contribution in [0.5, 0.6) is 11.5 Å². The predicted molar refractivity (Wildman–Crippen MR) is 99.7 cm³/mol. The zero-order valence-corrected chi connectivity index (χ0v) is 15.9. The van der Waals surface area contributed by atoms with E-state index in [0.717, 1.165) is 7.11 Å². The molecule has 0 saturated heterocycles. The first-order valence-electron chi connectivity index (χ1n) is 7.76. The molecule has 2 aromatic carbocycles. The summed E-state index contributed by atoms with van der Waals surface area (Å²) in [6.45, 7) is 0. The molecule has 15 heteroatoms. The van der Waals surface area contributed by atoms with Crippen LogP contribution in [-0.4, -0.2) is 56.6 Å². The molecule has 1 heterocycles. The number of aromatic hydroxyl groups is 1. The topological polar surface area (TPSA) is 211 Å². The van der Waals surface area contributed by atoms with Gasteiger partial charge in [-0.25, -0.2) is 0 Å². The van der Waals surface area contributed by atoms with Crippen LogP contribution in [0, 0.1) is 10.1 Å². The van der Waals surface area contributed by atoms with Gasteiger partial charge in [0.15, 0.2) is 16.4 Å². The molecule has 0 aliphatic heterocycles. The lowest BCUT2D eigenvalue weighted by Crippen LogP contribution is -2.13. The fraction of sp³-hybridized carbons (Fsp3) is 0.0667. The van der Waals surface area contributed by atoms with Gasteiger partial charge in [0.05, 0.1) is 18.1 Å². The Morgan fingerprint density at radius 3 is 2.43 bits per heavy atom. The molecule has 0 aliphatic carbocycles. The normalized spacial score (nSPS) is 10.5. The van der Waals surface area contributed by atoms with E-state index in [9.17, 15) is 28.4 Å². The van der Waals surface area contributed by atoms with Crippen molar-refractivity contribution in [3.05, 3.63) is 58.4 Å². The number of hydrogen-bond acceptors (Lipinski definition) is 10. The van der Waals surface area contributed by atoms with Crippen molar-refractivity contribution in [2.24, 2.45) is 0 Å². The molecule has 0 radical (unpaired) electrons. The van der Waals surface area contributed by atoms with Crippen LogP contribution in [0.2, 0.25) is 0 Å². The van der Waals surface area contributed by atoms with E-state index < -0.39 is 31.4 Å². The molecule has 0 fully saturated rings. The largest absolute Gasteiger partial charge is 0.504 e. The zero-order valence-electron chi connectivity index (χ0n) is 15.1. The maximum absolute atomic E-state index is 11.4. The van der Waals surface area contributed by atoms with Crippen LogP contribution in [0.15, 0.2) is 47.4 Å². The molecule has 1 amide bonds. The van der Waals surface area contributed by atoms with Gasteiger partial charge >= 0.3 is 10.1 Å². The summed E-state index contributed by atoms with van der Waals surface area (Å²) in [5, 5.41) is 35.0. The zero-order chi connectivity index (χ0) is 22.3. The highest BCUT2D eigenvalue weighted by Crippen LogP contribution is 2.35. The average molecular weight is 438 g/mol. The van der Waals surface area contributed by atoms with Crippen LogP contribution < -0.4 is 10.1 Å². The Morgan fingerprint density at radius 1 is 1.27 bits per heavy atom. The van der Waals surface area contributed by atoms with Crippen LogP contribution >= 0.6 is 0 Å². The van der Waals surface area contributed by atoms with Crippen molar-refractivity contribution >= 4 is 27.4 Å². The third-order valence-electron chi connectivity index (χ3n) is 3.32.